The first kappa shape index (κ1) is 20.4. The van der Waals surface area contributed by atoms with Crippen molar-refractivity contribution in [3.05, 3.63) is 42.5 Å². The highest BCUT2D eigenvalue weighted by molar-refractivity contribution is 5.94. The highest BCUT2D eigenvalue weighted by atomic mass is 35.5. The van der Waals surface area contributed by atoms with Gasteiger partial charge in [-0.15, -0.1) is 24.8 Å². The first-order chi connectivity index (χ1) is 10.7. The smallest absolute Gasteiger partial charge is 0.257 e. The maximum Gasteiger partial charge on any atom is 0.257 e. The van der Waals surface area contributed by atoms with E-state index >= 15 is 0 Å². The van der Waals surface area contributed by atoms with Gasteiger partial charge in [-0.05, 0) is 30.9 Å². The average molecular weight is 372 g/mol. The molecule has 2 N–H and O–H groups in total. The summed E-state index contributed by atoms with van der Waals surface area (Å²) in [7, 11) is 0. The summed E-state index contributed by atoms with van der Waals surface area (Å²) in [5.41, 5.74) is 7.28. The van der Waals surface area contributed by atoms with Gasteiger partial charge < -0.3 is 10.6 Å². The van der Waals surface area contributed by atoms with Crippen LogP contribution in [0, 0.1) is 5.92 Å². The summed E-state index contributed by atoms with van der Waals surface area (Å²) in [4.78, 5) is 18.7. The number of rotatable bonds is 3. The summed E-state index contributed by atoms with van der Waals surface area (Å²) in [5, 5.41) is 4.27. The lowest BCUT2D eigenvalue weighted by Gasteiger charge is -2.37. The molecule has 2 aromatic heterocycles. The Bertz CT molecular complexity index is 649. The van der Waals surface area contributed by atoms with Crippen LogP contribution in [0.5, 0.6) is 0 Å². The molecular formula is C16H23Cl2N5O. The molecule has 2 unspecified atom stereocenters. The van der Waals surface area contributed by atoms with Crippen LogP contribution in [0.15, 0.2) is 36.9 Å². The van der Waals surface area contributed by atoms with E-state index in [0.717, 1.165) is 25.1 Å². The van der Waals surface area contributed by atoms with E-state index in [9.17, 15) is 4.79 Å². The van der Waals surface area contributed by atoms with E-state index < -0.39 is 0 Å². The lowest BCUT2D eigenvalue weighted by Crippen LogP contribution is -2.49. The van der Waals surface area contributed by atoms with Gasteiger partial charge in [0, 0.05) is 31.5 Å². The Morgan fingerprint density at radius 1 is 1.38 bits per heavy atom. The number of amides is 1. The highest BCUT2D eigenvalue weighted by Crippen LogP contribution is 2.23. The van der Waals surface area contributed by atoms with Crippen molar-refractivity contribution in [3.63, 3.8) is 0 Å². The minimum atomic E-state index is 0. The highest BCUT2D eigenvalue weighted by Gasteiger charge is 2.30. The summed E-state index contributed by atoms with van der Waals surface area (Å²) >= 11 is 0. The molecule has 1 amide bonds. The van der Waals surface area contributed by atoms with Gasteiger partial charge in [-0.1, -0.05) is 6.92 Å². The molecule has 24 heavy (non-hydrogen) atoms. The number of nitrogens with zero attached hydrogens (tertiary/aromatic N) is 4. The van der Waals surface area contributed by atoms with Crippen molar-refractivity contribution in [1.82, 2.24) is 19.7 Å². The Kier molecular flexibility index (Phi) is 7.66. The van der Waals surface area contributed by atoms with Gasteiger partial charge in [0.15, 0.2) is 0 Å². The first-order valence-corrected chi connectivity index (χ1v) is 7.65. The molecule has 8 heteroatoms. The zero-order valence-corrected chi connectivity index (χ0v) is 15.2. The number of carbonyl (C=O) groups is 1. The normalized spacial score (nSPS) is 20.0. The van der Waals surface area contributed by atoms with E-state index in [1.54, 1.807) is 29.5 Å². The van der Waals surface area contributed by atoms with Gasteiger partial charge in [0.05, 0.1) is 23.6 Å². The molecule has 1 aliphatic heterocycles. The van der Waals surface area contributed by atoms with Gasteiger partial charge >= 0.3 is 0 Å². The fraction of sp³-hybridized carbons (Fsp3) is 0.438. The largest absolute Gasteiger partial charge is 0.334 e. The van der Waals surface area contributed by atoms with Crippen molar-refractivity contribution in [1.29, 1.82) is 0 Å². The lowest BCUT2D eigenvalue weighted by atomic mass is 9.92. The molecule has 0 radical (unpaired) electrons. The summed E-state index contributed by atoms with van der Waals surface area (Å²) in [6, 6.07) is 3.87. The van der Waals surface area contributed by atoms with Crippen LogP contribution in [0.3, 0.4) is 0 Å². The fourth-order valence-electron chi connectivity index (χ4n) is 2.97. The van der Waals surface area contributed by atoms with Gasteiger partial charge in [-0.25, -0.2) is 4.68 Å². The minimum Gasteiger partial charge on any atom is -0.334 e. The fourth-order valence-corrected chi connectivity index (χ4v) is 2.97. The number of nitrogens with two attached hydrogens (primary N) is 1. The van der Waals surface area contributed by atoms with Crippen LogP contribution in [0.1, 0.15) is 30.1 Å². The quantitative estimate of drug-likeness (QED) is 0.897. The van der Waals surface area contributed by atoms with Gasteiger partial charge in [0.2, 0.25) is 0 Å². The maximum absolute atomic E-state index is 12.7. The van der Waals surface area contributed by atoms with Crippen LogP contribution in [0.2, 0.25) is 0 Å². The minimum absolute atomic E-state index is 0. The van der Waals surface area contributed by atoms with Crippen molar-refractivity contribution < 1.29 is 4.79 Å². The van der Waals surface area contributed by atoms with Gasteiger partial charge in [-0.3, -0.25) is 9.78 Å². The summed E-state index contributed by atoms with van der Waals surface area (Å²) in [6.45, 7) is 3.48. The SMILES string of the molecule is CC1CCN(C(=O)c2cnn(-c3cccnc3)c2)C(CN)C1.Cl.Cl. The van der Waals surface area contributed by atoms with E-state index in [-0.39, 0.29) is 36.8 Å². The van der Waals surface area contributed by atoms with Crippen molar-refractivity contribution in [2.45, 2.75) is 25.8 Å². The van der Waals surface area contributed by atoms with E-state index in [1.807, 2.05) is 17.0 Å². The molecule has 1 fully saturated rings. The molecule has 0 spiro atoms. The predicted octanol–water partition coefficient (Wildman–Crippen LogP) is 2.31. The third-order valence-electron chi connectivity index (χ3n) is 4.25. The molecule has 3 heterocycles. The number of hydrogen-bond donors (Lipinski definition) is 1. The van der Waals surface area contributed by atoms with E-state index in [4.69, 9.17) is 5.73 Å². The number of carbonyl (C=O) groups excluding carboxylic acids is 1. The summed E-state index contributed by atoms with van der Waals surface area (Å²) in [6.07, 6.45) is 8.79. The Morgan fingerprint density at radius 2 is 2.17 bits per heavy atom. The van der Waals surface area contributed by atoms with Crippen LogP contribution in [-0.2, 0) is 0 Å². The molecule has 3 rings (SSSR count). The van der Waals surface area contributed by atoms with E-state index in [0.29, 0.717) is 18.0 Å². The van der Waals surface area contributed by atoms with E-state index in [1.165, 1.54) is 0 Å². The van der Waals surface area contributed by atoms with Gasteiger partial charge in [0.25, 0.3) is 5.91 Å². The van der Waals surface area contributed by atoms with Crippen LogP contribution >= 0.6 is 24.8 Å². The molecule has 0 aliphatic carbocycles. The zero-order chi connectivity index (χ0) is 15.5. The standard InChI is InChI=1S/C16H21N5O.2ClH/c1-12-4-6-20(15(7-12)8-17)16(22)13-9-19-21(11-13)14-3-2-5-18-10-14;;/h2-3,5,9-12,15H,4,6-8,17H2,1H3;2*1H. The second-order valence-electron chi connectivity index (χ2n) is 5.90. The molecule has 0 saturated carbocycles. The molecule has 1 saturated heterocycles. The molecule has 2 atom stereocenters. The maximum atomic E-state index is 12.7. The van der Waals surface area contributed by atoms with Crippen LogP contribution < -0.4 is 5.73 Å². The van der Waals surface area contributed by atoms with E-state index in [2.05, 4.69) is 17.0 Å². The van der Waals surface area contributed by atoms with Crippen molar-refractivity contribution in [2.75, 3.05) is 13.1 Å². The third kappa shape index (κ3) is 4.26. The van der Waals surface area contributed by atoms with Crippen LogP contribution in [-0.4, -0.2) is 44.7 Å². The number of likely N-dealkylation sites (tertiary alicyclic amines) is 1. The van der Waals surface area contributed by atoms with Gasteiger partial charge in [-0.2, -0.15) is 5.10 Å². The second-order valence-corrected chi connectivity index (χ2v) is 5.90. The Morgan fingerprint density at radius 3 is 2.83 bits per heavy atom. The molecule has 132 valence electrons. The lowest BCUT2D eigenvalue weighted by molar-refractivity contribution is 0.0573. The first-order valence-electron chi connectivity index (χ1n) is 7.65. The molecule has 0 bridgehead atoms. The Labute approximate surface area is 154 Å². The Balaban J connectivity index is 0.00000144. The van der Waals surface area contributed by atoms with Crippen LogP contribution in [0.4, 0.5) is 0 Å². The van der Waals surface area contributed by atoms with Crippen molar-refractivity contribution in [2.24, 2.45) is 11.7 Å². The zero-order valence-electron chi connectivity index (χ0n) is 13.5. The summed E-state index contributed by atoms with van der Waals surface area (Å²) < 4.78 is 1.67. The number of halogens is 2. The average Bonchev–Trinajstić information content (AvgIpc) is 3.05. The Hall–Kier alpha value is -1.63. The number of pyridine rings is 1. The summed E-state index contributed by atoms with van der Waals surface area (Å²) in [5.74, 6) is 0.633. The number of piperidine rings is 1. The molecule has 1 aliphatic rings. The topological polar surface area (TPSA) is 77.0 Å². The van der Waals surface area contributed by atoms with Crippen LogP contribution in [0.25, 0.3) is 5.69 Å². The molecule has 6 nitrogen and oxygen atoms in total. The number of hydrogen-bond acceptors (Lipinski definition) is 4. The van der Waals surface area contributed by atoms with Crippen molar-refractivity contribution >= 4 is 30.7 Å². The number of aromatic nitrogens is 3. The second kappa shape index (κ2) is 9.01. The molecular weight excluding hydrogens is 349 g/mol. The van der Waals surface area contributed by atoms with Crippen molar-refractivity contribution in [3.8, 4) is 5.69 Å². The predicted molar refractivity (Wildman–Crippen MR) is 98.1 cm³/mol. The third-order valence-corrected chi connectivity index (χ3v) is 4.25. The van der Waals surface area contributed by atoms with Gasteiger partial charge in [0.1, 0.15) is 0 Å². The monoisotopic (exact) mass is 371 g/mol. The molecule has 0 aromatic carbocycles. The molecule has 2 aromatic rings.